The van der Waals surface area contributed by atoms with Crippen molar-refractivity contribution in [1.82, 2.24) is 20.4 Å². The van der Waals surface area contributed by atoms with Gasteiger partial charge in [0.1, 0.15) is 0 Å². The van der Waals surface area contributed by atoms with Gasteiger partial charge in [0.15, 0.2) is 0 Å². The molecule has 24 heavy (non-hydrogen) atoms. The van der Waals surface area contributed by atoms with Crippen molar-refractivity contribution in [2.75, 3.05) is 19.7 Å². The molecule has 4 rings (SSSR count). The Labute approximate surface area is 149 Å². The number of carbonyl (C=O) groups is 1. The molecule has 3 unspecified atom stereocenters. The van der Waals surface area contributed by atoms with Crippen LogP contribution < -0.4 is 10.6 Å². The molecule has 5 atom stereocenters. The predicted octanol–water partition coefficient (Wildman–Crippen LogP) is 1.07. The first kappa shape index (κ1) is 17.7. The second-order valence-electron chi connectivity index (χ2n) is 7.87. The number of hydrogen-bond acceptors (Lipinski definition) is 4. The van der Waals surface area contributed by atoms with Crippen LogP contribution in [0.15, 0.2) is 12.4 Å². The molecule has 0 aromatic carbocycles. The molecule has 2 saturated heterocycles. The van der Waals surface area contributed by atoms with E-state index in [1.165, 1.54) is 0 Å². The molecule has 1 saturated carbocycles. The number of nitrogens with one attached hydrogen (secondary N) is 2. The fourth-order valence-corrected chi connectivity index (χ4v) is 4.81. The third-order valence-corrected chi connectivity index (χ3v) is 6.10. The third kappa shape index (κ3) is 2.65. The number of rotatable bonds is 3. The van der Waals surface area contributed by atoms with Crippen molar-refractivity contribution in [1.29, 1.82) is 0 Å². The van der Waals surface area contributed by atoms with Gasteiger partial charge in [0.2, 0.25) is 5.91 Å². The van der Waals surface area contributed by atoms with Gasteiger partial charge in [0.25, 0.3) is 0 Å². The maximum Gasteiger partial charge on any atom is 0.225 e. The summed E-state index contributed by atoms with van der Waals surface area (Å²) in [6.45, 7) is 6.82. The van der Waals surface area contributed by atoms with E-state index < -0.39 is 0 Å². The topological polar surface area (TPSA) is 68.2 Å². The number of hydrogen-bond donors (Lipinski definition) is 2. The molecule has 1 aromatic rings. The average molecular weight is 355 g/mol. The maximum atomic E-state index is 12.9. The Morgan fingerprint density at radius 1 is 1.46 bits per heavy atom. The number of aryl methyl sites for hydroxylation is 1. The fraction of sp³-hybridized carbons (Fsp3) is 0.765. The lowest BCUT2D eigenvalue weighted by atomic mass is 9.57. The number of ether oxygens (including phenoxy) is 1. The Bertz CT molecular complexity index is 617. The number of nitrogens with zero attached hydrogens (tertiary/aromatic N) is 2. The Morgan fingerprint density at radius 2 is 2.25 bits per heavy atom. The van der Waals surface area contributed by atoms with E-state index in [9.17, 15) is 4.79 Å². The van der Waals surface area contributed by atoms with Crippen LogP contribution in [0.2, 0.25) is 0 Å². The molecule has 7 heteroatoms. The lowest BCUT2D eigenvalue weighted by molar-refractivity contribution is -0.140. The van der Waals surface area contributed by atoms with Crippen LogP contribution in [0, 0.1) is 17.3 Å². The van der Waals surface area contributed by atoms with E-state index in [4.69, 9.17) is 4.74 Å². The molecule has 1 aromatic heterocycles. The fourth-order valence-electron chi connectivity index (χ4n) is 4.81. The first-order chi connectivity index (χ1) is 11.0. The van der Waals surface area contributed by atoms with E-state index in [-0.39, 0.29) is 41.6 Å². The predicted molar refractivity (Wildman–Crippen MR) is 93.1 cm³/mol. The van der Waals surface area contributed by atoms with E-state index in [0.29, 0.717) is 12.0 Å². The molecule has 0 radical (unpaired) electrons. The van der Waals surface area contributed by atoms with Crippen LogP contribution in [0.4, 0.5) is 0 Å². The van der Waals surface area contributed by atoms with E-state index in [0.717, 1.165) is 31.7 Å². The highest BCUT2D eigenvalue weighted by Gasteiger charge is 2.60. The van der Waals surface area contributed by atoms with Gasteiger partial charge in [-0.05, 0) is 12.0 Å². The highest BCUT2D eigenvalue weighted by Crippen LogP contribution is 2.52. The molecular weight excluding hydrogens is 328 g/mol. The summed E-state index contributed by atoms with van der Waals surface area (Å²) in [4.78, 5) is 12.9. The molecular formula is C17H27ClN4O2. The van der Waals surface area contributed by atoms with Crippen LogP contribution in [-0.2, 0) is 16.6 Å². The number of carbonyl (C=O) groups excluding carboxylic acids is 1. The van der Waals surface area contributed by atoms with Crippen molar-refractivity contribution in [3.63, 3.8) is 0 Å². The second kappa shape index (κ2) is 6.32. The van der Waals surface area contributed by atoms with Gasteiger partial charge in [0, 0.05) is 56.2 Å². The van der Waals surface area contributed by atoms with Crippen molar-refractivity contribution >= 4 is 18.3 Å². The normalized spacial score (nSPS) is 36.5. The smallest absolute Gasteiger partial charge is 0.225 e. The Morgan fingerprint density at radius 3 is 2.96 bits per heavy atom. The summed E-state index contributed by atoms with van der Waals surface area (Å²) in [6, 6.07) is 0.234. The summed E-state index contributed by atoms with van der Waals surface area (Å²) in [5.41, 5.74) is 1.18. The van der Waals surface area contributed by atoms with Gasteiger partial charge in [0.05, 0.1) is 18.2 Å². The van der Waals surface area contributed by atoms with E-state index in [2.05, 4.69) is 29.6 Å². The molecule has 0 bridgehead atoms. The number of aromatic nitrogens is 2. The molecule has 3 fully saturated rings. The Hall–Kier alpha value is -1.11. The lowest BCUT2D eigenvalue weighted by Gasteiger charge is -2.54. The molecule has 2 N–H and O–H groups in total. The van der Waals surface area contributed by atoms with Gasteiger partial charge in [-0.1, -0.05) is 13.8 Å². The molecule has 1 amide bonds. The minimum Gasteiger partial charge on any atom is -0.377 e. The van der Waals surface area contributed by atoms with Gasteiger partial charge in [-0.15, -0.1) is 12.4 Å². The molecule has 3 heterocycles. The molecule has 134 valence electrons. The number of fused-ring (bicyclic) bond motifs is 1. The summed E-state index contributed by atoms with van der Waals surface area (Å²) in [5, 5.41) is 11.0. The standard InChI is InChI=1S/C17H26N4O2.ClH/c1-17(2)14(11-4-5-23-15(11)17)20-16(22)13-8-18-7-12(13)10-6-19-21(3)9-10;/h6,9,11-15,18H,4-5,7-8H2,1-3H3,(H,20,22);1H/t11?,12-,13+,14?,15?;/m1./s1. The van der Waals surface area contributed by atoms with Crippen LogP contribution in [0.1, 0.15) is 31.7 Å². The minimum atomic E-state index is -0.0172. The summed E-state index contributed by atoms with van der Waals surface area (Å²) in [7, 11) is 1.91. The highest BCUT2D eigenvalue weighted by atomic mass is 35.5. The maximum absolute atomic E-state index is 12.9. The van der Waals surface area contributed by atoms with Crippen molar-refractivity contribution in [3.8, 4) is 0 Å². The van der Waals surface area contributed by atoms with Gasteiger partial charge in [-0.2, -0.15) is 5.10 Å². The number of halogens is 1. The Kier molecular flexibility index (Phi) is 4.66. The highest BCUT2D eigenvalue weighted by molar-refractivity contribution is 5.85. The van der Waals surface area contributed by atoms with Crippen LogP contribution >= 0.6 is 12.4 Å². The molecule has 6 nitrogen and oxygen atoms in total. The largest absolute Gasteiger partial charge is 0.377 e. The molecule has 0 spiro atoms. The lowest BCUT2D eigenvalue weighted by Crippen LogP contribution is -2.67. The summed E-state index contributed by atoms with van der Waals surface area (Å²) < 4.78 is 7.63. The van der Waals surface area contributed by atoms with Crippen molar-refractivity contribution < 1.29 is 9.53 Å². The first-order valence-corrected chi connectivity index (χ1v) is 8.59. The van der Waals surface area contributed by atoms with Gasteiger partial charge < -0.3 is 15.4 Å². The third-order valence-electron chi connectivity index (χ3n) is 6.10. The van der Waals surface area contributed by atoms with Crippen LogP contribution in [-0.4, -0.2) is 47.5 Å². The monoisotopic (exact) mass is 354 g/mol. The van der Waals surface area contributed by atoms with Gasteiger partial charge in [-0.3, -0.25) is 9.48 Å². The summed E-state index contributed by atoms with van der Waals surface area (Å²) in [5.74, 6) is 0.853. The van der Waals surface area contributed by atoms with Gasteiger partial charge >= 0.3 is 0 Å². The minimum absolute atomic E-state index is 0. The molecule has 1 aliphatic carbocycles. The van der Waals surface area contributed by atoms with Crippen molar-refractivity contribution in [2.45, 2.75) is 38.3 Å². The van der Waals surface area contributed by atoms with Crippen molar-refractivity contribution in [3.05, 3.63) is 18.0 Å². The average Bonchev–Trinajstić information content (AvgIpc) is 3.23. The Balaban J connectivity index is 0.00000169. The zero-order chi connectivity index (χ0) is 16.2. The molecule has 3 aliphatic rings. The number of amides is 1. The van der Waals surface area contributed by atoms with Crippen LogP contribution in [0.3, 0.4) is 0 Å². The molecule has 2 aliphatic heterocycles. The second-order valence-corrected chi connectivity index (χ2v) is 7.87. The van der Waals surface area contributed by atoms with E-state index in [1.54, 1.807) is 4.68 Å². The van der Waals surface area contributed by atoms with Crippen LogP contribution in [0.5, 0.6) is 0 Å². The summed E-state index contributed by atoms with van der Waals surface area (Å²) >= 11 is 0. The van der Waals surface area contributed by atoms with E-state index in [1.807, 2.05) is 19.4 Å². The first-order valence-electron chi connectivity index (χ1n) is 8.59. The summed E-state index contributed by atoms with van der Waals surface area (Å²) in [6.07, 6.45) is 5.27. The van der Waals surface area contributed by atoms with Crippen LogP contribution in [0.25, 0.3) is 0 Å². The zero-order valence-electron chi connectivity index (χ0n) is 14.5. The van der Waals surface area contributed by atoms with E-state index >= 15 is 0 Å². The van der Waals surface area contributed by atoms with Gasteiger partial charge in [-0.25, -0.2) is 0 Å². The quantitative estimate of drug-likeness (QED) is 0.852. The zero-order valence-corrected chi connectivity index (χ0v) is 15.3. The SMILES string of the molecule is Cl.Cn1cc([C@H]2CNC[C@@H]2C(=O)NC2C3CCOC3C2(C)C)cn1. The van der Waals surface area contributed by atoms with Crippen molar-refractivity contribution in [2.24, 2.45) is 24.3 Å².